The Kier molecular flexibility index (Phi) is 4.00. The number of rotatable bonds is 5. The smallest absolute Gasteiger partial charge is 0.293 e. The fourth-order valence-electron chi connectivity index (χ4n) is 2.22. The molecule has 1 fully saturated rings. The average molecular weight is 267 g/mol. The zero-order chi connectivity index (χ0) is 13.2. The van der Waals surface area contributed by atoms with Crippen LogP contribution in [0, 0.1) is 0 Å². The van der Waals surface area contributed by atoms with Crippen LogP contribution in [0.4, 0.5) is 5.82 Å². The summed E-state index contributed by atoms with van der Waals surface area (Å²) in [6.07, 6.45) is 9.33. The molecule has 1 aromatic rings. The highest BCUT2D eigenvalue weighted by Crippen LogP contribution is 2.42. The average Bonchev–Trinajstić information content (AvgIpc) is 2.29. The van der Waals surface area contributed by atoms with Gasteiger partial charge in [0.05, 0.1) is 0 Å². The Morgan fingerprint density at radius 1 is 1.56 bits per heavy atom. The second kappa shape index (κ2) is 5.34. The Bertz CT molecular complexity index is 460. The van der Waals surface area contributed by atoms with Crippen molar-refractivity contribution in [3.8, 4) is 0 Å². The topological polar surface area (TPSA) is 46.9 Å². The van der Waals surface area contributed by atoms with E-state index in [4.69, 9.17) is 0 Å². The molecule has 0 bridgehead atoms. The first-order valence-corrected chi connectivity index (χ1v) is 7.67. The van der Waals surface area contributed by atoms with E-state index < -0.39 is 0 Å². The maximum atomic E-state index is 12.2. The lowest BCUT2D eigenvalue weighted by atomic mass is 9.84. The van der Waals surface area contributed by atoms with Gasteiger partial charge in [-0.3, -0.25) is 4.79 Å². The van der Waals surface area contributed by atoms with E-state index in [0.717, 1.165) is 6.54 Å². The monoisotopic (exact) mass is 267 g/mol. The van der Waals surface area contributed by atoms with Crippen LogP contribution in [0.3, 0.4) is 0 Å². The predicted molar refractivity (Wildman–Crippen MR) is 77.5 cm³/mol. The molecule has 100 valence electrons. The summed E-state index contributed by atoms with van der Waals surface area (Å²) in [6.45, 7) is 4.83. The maximum absolute atomic E-state index is 12.2. The van der Waals surface area contributed by atoms with E-state index in [0.29, 0.717) is 10.6 Å². The second-order valence-corrected chi connectivity index (χ2v) is 6.45. The van der Waals surface area contributed by atoms with Gasteiger partial charge in [-0.05, 0) is 32.9 Å². The predicted octanol–water partition coefficient (Wildman–Crippen LogP) is 2.52. The first-order chi connectivity index (χ1) is 8.58. The minimum absolute atomic E-state index is 0.0249. The fraction of sp³-hybridized carbons (Fsp3) is 0.692. The van der Waals surface area contributed by atoms with Crippen LogP contribution in [-0.4, -0.2) is 27.1 Å². The van der Waals surface area contributed by atoms with Gasteiger partial charge in [-0.25, -0.2) is 4.98 Å². The van der Waals surface area contributed by atoms with Gasteiger partial charge in [-0.2, -0.15) is 11.8 Å². The Balaban J connectivity index is 2.10. The van der Waals surface area contributed by atoms with Crippen molar-refractivity contribution in [3.63, 3.8) is 0 Å². The quantitative estimate of drug-likeness (QED) is 0.890. The van der Waals surface area contributed by atoms with Crippen LogP contribution in [0.25, 0.3) is 0 Å². The molecule has 2 rings (SSSR count). The summed E-state index contributed by atoms with van der Waals surface area (Å²) >= 11 is 1.90. The zero-order valence-corrected chi connectivity index (χ0v) is 12.1. The van der Waals surface area contributed by atoms with Crippen LogP contribution in [0.5, 0.6) is 0 Å². The van der Waals surface area contributed by atoms with Gasteiger partial charge in [-0.15, -0.1) is 0 Å². The number of anilines is 1. The zero-order valence-electron chi connectivity index (χ0n) is 11.3. The van der Waals surface area contributed by atoms with Gasteiger partial charge in [0.15, 0.2) is 5.82 Å². The number of hydrogen-bond acceptors (Lipinski definition) is 4. The molecule has 0 amide bonds. The molecule has 0 atom stereocenters. The van der Waals surface area contributed by atoms with E-state index in [-0.39, 0.29) is 11.6 Å². The van der Waals surface area contributed by atoms with Crippen molar-refractivity contribution >= 4 is 17.6 Å². The molecule has 4 nitrogen and oxygen atoms in total. The van der Waals surface area contributed by atoms with Gasteiger partial charge in [0, 0.05) is 29.7 Å². The molecule has 0 aliphatic heterocycles. The van der Waals surface area contributed by atoms with Crippen molar-refractivity contribution in [2.75, 3.05) is 18.1 Å². The first-order valence-electron chi connectivity index (χ1n) is 6.44. The van der Waals surface area contributed by atoms with Gasteiger partial charge >= 0.3 is 0 Å². The number of thioether (sulfide) groups is 1. The minimum Gasteiger partial charge on any atom is -0.364 e. The molecule has 0 spiro atoms. The highest BCUT2D eigenvalue weighted by atomic mass is 32.2. The third-order valence-corrected chi connectivity index (χ3v) is 5.12. The third kappa shape index (κ3) is 2.55. The van der Waals surface area contributed by atoms with Crippen LogP contribution in [0.15, 0.2) is 17.2 Å². The van der Waals surface area contributed by atoms with Crippen molar-refractivity contribution < 1.29 is 0 Å². The van der Waals surface area contributed by atoms with E-state index in [9.17, 15) is 4.79 Å². The van der Waals surface area contributed by atoms with Crippen LogP contribution in [0.1, 0.15) is 39.2 Å². The molecule has 5 heteroatoms. The molecular formula is C13H21N3OS. The van der Waals surface area contributed by atoms with E-state index in [1.54, 1.807) is 17.0 Å². The summed E-state index contributed by atoms with van der Waals surface area (Å²) in [5.74, 6) is 0.478. The second-order valence-electron chi connectivity index (χ2n) is 5.18. The summed E-state index contributed by atoms with van der Waals surface area (Å²) in [5, 5.41) is 3.24. The standard InChI is InChI=1S/C13H21N3OS/c1-10(2)16-8-7-14-11(12(16)17)15-9-13(18-3)5-4-6-13/h7-8,10H,4-6,9H2,1-3H3,(H,14,15). The normalized spacial score (nSPS) is 17.6. The Morgan fingerprint density at radius 2 is 2.28 bits per heavy atom. The van der Waals surface area contributed by atoms with Crippen molar-refractivity contribution in [3.05, 3.63) is 22.7 Å². The summed E-state index contributed by atoms with van der Waals surface area (Å²) in [5.41, 5.74) is -0.0249. The first kappa shape index (κ1) is 13.5. The van der Waals surface area contributed by atoms with Gasteiger partial charge < -0.3 is 9.88 Å². The lowest BCUT2D eigenvalue weighted by Crippen LogP contribution is -2.41. The van der Waals surface area contributed by atoms with E-state index in [2.05, 4.69) is 16.6 Å². The number of nitrogens with one attached hydrogen (secondary N) is 1. The molecule has 0 saturated heterocycles. The molecule has 1 aromatic heterocycles. The Hall–Kier alpha value is -0.970. The van der Waals surface area contributed by atoms with Crippen molar-refractivity contribution in [1.82, 2.24) is 9.55 Å². The molecule has 1 N–H and O–H groups in total. The Labute approximate surface area is 112 Å². The van der Waals surface area contributed by atoms with Gasteiger partial charge in [0.1, 0.15) is 0 Å². The van der Waals surface area contributed by atoms with Crippen LogP contribution < -0.4 is 10.9 Å². The maximum Gasteiger partial charge on any atom is 0.293 e. The number of aromatic nitrogens is 2. The van der Waals surface area contributed by atoms with Crippen molar-refractivity contribution in [1.29, 1.82) is 0 Å². The highest BCUT2D eigenvalue weighted by Gasteiger charge is 2.36. The lowest BCUT2D eigenvalue weighted by Gasteiger charge is -2.40. The molecule has 0 aromatic carbocycles. The van der Waals surface area contributed by atoms with Crippen molar-refractivity contribution in [2.45, 2.75) is 43.9 Å². The molecule has 0 unspecified atom stereocenters. The number of nitrogens with zero attached hydrogens (tertiary/aromatic N) is 2. The summed E-state index contributed by atoms with van der Waals surface area (Å²) in [6, 6.07) is 0.166. The van der Waals surface area contributed by atoms with E-state index >= 15 is 0 Å². The minimum atomic E-state index is -0.0249. The highest BCUT2D eigenvalue weighted by molar-refractivity contribution is 8.00. The van der Waals surface area contributed by atoms with Crippen LogP contribution in [0.2, 0.25) is 0 Å². The Morgan fingerprint density at radius 3 is 2.78 bits per heavy atom. The van der Waals surface area contributed by atoms with Crippen LogP contribution in [-0.2, 0) is 0 Å². The number of hydrogen-bond donors (Lipinski definition) is 1. The molecule has 1 aliphatic rings. The fourth-order valence-corrected chi connectivity index (χ4v) is 3.14. The van der Waals surface area contributed by atoms with Crippen LogP contribution >= 0.6 is 11.8 Å². The lowest BCUT2D eigenvalue weighted by molar-refractivity contribution is 0.379. The largest absolute Gasteiger partial charge is 0.364 e. The molecule has 1 heterocycles. The summed E-state index contributed by atoms with van der Waals surface area (Å²) in [4.78, 5) is 16.3. The third-order valence-electron chi connectivity index (χ3n) is 3.70. The molecule has 0 radical (unpaired) electrons. The van der Waals surface area contributed by atoms with E-state index in [1.165, 1.54) is 19.3 Å². The summed E-state index contributed by atoms with van der Waals surface area (Å²) < 4.78 is 2.02. The molecule has 18 heavy (non-hydrogen) atoms. The van der Waals surface area contributed by atoms with Gasteiger partial charge in [-0.1, -0.05) is 6.42 Å². The van der Waals surface area contributed by atoms with E-state index in [1.807, 2.05) is 25.6 Å². The summed E-state index contributed by atoms with van der Waals surface area (Å²) in [7, 11) is 0. The molecule has 1 aliphatic carbocycles. The molecule has 1 saturated carbocycles. The molecular weight excluding hydrogens is 246 g/mol. The van der Waals surface area contributed by atoms with Crippen molar-refractivity contribution in [2.24, 2.45) is 0 Å². The van der Waals surface area contributed by atoms with Gasteiger partial charge in [0.2, 0.25) is 0 Å². The van der Waals surface area contributed by atoms with Gasteiger partial charge in [0.25, 0.3) is 5.56 Å². The SMILES string of the molecule is CSC1(CNc2nccn(C(C)C)c2=O)CCC1.